The molecule has 25 heavy (non-hydrogen) atoms. The van der Waals surface area contributed by atoms with E-state index in [-0.39, 0.29) is 5.57 Å². The van der Waals surface area contributed by atoms with Crippen LogP contribution < -0.4 is 11.1 Å². The van der Waals surface area contributed by atoms with Crippen LogP contribution in [0.4, 0.5) is 11.4 Å². The number of halogens is 1. The number of hydrogen-bond donors (Lipinski definition) is 2. The highest BCUT2D eigenvalue weighted by Crippen LogP contribution is 2.23. The first-order chi connectivity index (χ1) is 12.0. The second-order valence-corrected chi connectivity index (χ2v) is 5.80. The molecule has 0 radical (unpaired) electrons. The van der Waals surface area contributed by atoms with Gasteiger partial charge in [0.2, 0.25) is 0 Å². The van der Waals surface area contributed by atoms with E-state index in [1.54, 1.807) is 24.4 Å². The van der Waals surface area contributed by atoms with Crippen LogP contribution in [0.3, 0.4) is 0 Å². The maximum Gasteiger partial charge on any atom is 0.267 e. The van der Waals surface area contributed by atoms with E-state index in [0.717, 1.165) is 5.56 Å². The van der Waals surface area contributed by atoms with E-state index in [2.05, 4.69) is 5.32 Å². The van der Waals surface area contributed by atoms with Crippen LogP contribution in [0.1, 0.15) is 12.5 Å². The molecule has 128 valence electrons. The zero-order valence-corrected chi connectivity index (χ0v) is 14.6. The summed E-state index contributed by atoms with van der Waals surface area (Å²) in [6.07, 6.45) is 1.57. The summed E-state index contributed by atoms with van der Waals surface area (Å²) in [5, 5.41) is 12.3. The fourth-order valence-electron chi connectivity index (χ4n) is 2.19. The molecule has 0 saturated heterocycles. The van der Waals surface area contributed by atoms with Crippen LogP contribution in [0.2, 0.25) is 5.02 Å². The number of hydrogen-bond acceptors (Lipinski definition) is 4. The summed E-state index contributed by atoms with van der Waals surface area (Å²) in [5.41, 5.74) is 7.68. The number of nitriles is 1. The van der Waals surface area contributed by atoms with Gasteiger partial charge in [-0.2, -0.15) is 5.26 Å². The minimum absolute atomic E-state index is 0.0192. The Labute approximate surface area is 152 Å². The molecular formula is C19H19ClN4O. The smallest absolute Gasteiger partial charge is 0.267 e. The Morgan fingerprint density at radius 2 is 2.04 bits per heavy atom. The number of anilines is 2. The quantitative estimate of drug-likeness (QED) is 0.469. The Hall–Kier alpha value is -2.97. The maximum atomic E-state index is 12.3. The Morgan fingerprint density at radius 1 is 1.32 bits per heavy atom. The Balaban J connectivity index is 2.12. The molecule has 0 fully saturated rings. The first-order valence-corrected chi connectivity index (χ1v) is 8.17. The minimum atomic E-state index is -0.491. The molecule has 3 N–H and O–H groups in total. The number of nitrogens with zero attached hydrogens (tertiary/aromatic N) is 2. The summed E-state index contributed by atoms with van der Waals surface area (Å²) in [4.78, 5) is 14.2. The van der Waals surface area contributed by atoms with Crippen LogP contribution in [0.25, 0.3) is 0 Å². The number of nitrogens with two attached hydrogens (primary N) is 1. The molecule has 6 heteroatoms. The lowest BCUT2D eigenvalue weighted by Gasteiger charge is -2.19. The summed E-state index contributed by atoms with van der Waals surface area (Å²) in [6.45, 7) is 3.25. The van der Waals surface area contributed by atoms with E-state index >= 15 is 0 Å². The lowest BCUT2D eigenvalue weighted by Crippen LogP contribution is -2.21. The van der Waals surface area contributed by atoms with Crippen molar-refractivity contribution in [3.05, 3.63) is 70.9 Å². The summed E-state index contributed by atoms with van der Waals surface area (Å²) < 4.78 is 0. The van der Waals surface area contributed by atoms with E-state index in [0.29, 0.717) is 29.5 Å². The van der Waals surface area contributed by atoms with Crippen molar-refractivity contribution >= 4 is 28.9 Å². The van der Waals surface area contributed by atoms with Gasteiger partial charge in [-0.1, -0.05) is 41.9 Å². The van der Waals surface area contributed by atoms with Crippen molar-refractivity contribution in [2.24, 2.45) is 0 Å². The first kappa shape index (κ1) is 18.4. The standard InChI is InChI=1S/C19H19ClN4O/c1-2-24(12-14-6-4-3-5-7-14)13-15(11-21)19(25)23-16-8-9-18(22)17(20)10-16/h3-10,13H,2,12,22H2,1H3,(H,23,25)/b15-13-. The van der Waals surface area contributed by atoms with Gasteiger partial charge in [-0.3, -0.25) is 4.79 Å². The maximum absolute atomic E-state index is 12.3. The van der Waals surface area contributed by atoms with Crippen molar-refractivity contribution in [2.45, 2.75) is 13.5 Å². The normalized spacial score (nSPS) is 10.8. The topological polar surface area (TPSA) is 82.2 Å². The van der Waals surface area contributed by atoms with Gasteiger partial charge in [0.15, 0.2) is 0 Å². The van der Waals surface area contributed by atoms with Crippen molar-refractivity contribution in [1.82, 2.24) is 4.90 Å². The number of nitrogen functional groups attached to an aromatic ring is 1. The van der Waals surface area contributed by atoms with Crippen molar-refractivity contribution in [3.63, 3.8) is 0 Å². The number of rotatable bonds is 6. The molecule has 1 amide bonds. The SMILES string of the molecule is CCN(/C=C(/C#N)C(=O)Nc1ccc(N)c(Cl)c1)Cc1ccccc1. The number of carbonyl (C=O) groups excluding carboxylic acids is 1. The van der Waals surface area contributed by atoms with E-state index in [4.69, 9.17) is 17.3 Å². The van der Waals surface area contributed by atoms with E-state index in [1.165, 1.54) is 0 Å². The van der Waals surface area contributed by atoms with Crippen molar-refractivity contribution in [3.8, 4) is 6.07 Å². The van der Waals surface area contributed by atoms with Gasteiger partial charge in [-0.15, -0.1) is 0 Å². The lowest BCUT2D eigenvalue weighted by molar-refractivity contribution is -0.112. The zero-order chi connectivity index (χ0) is 18.2. The predicted molar refractivity (Wildman–Crippen MR) is 101 cm³/mol. The highest BCUT2D eigenvalue weighted by atomic mass is 35.5. The van der Waals surface area contributed by atoms with Crippen LogP contribution in [0, 0.1) is 11.3 Å². The molecule has 0 saturated carbocycles. The average Bonchev–Trinajstić information content (AvgIpc) is 2.62. The second kappa shape index (κ2) is 8.76. The molecule has 0 spiro atoms. The third kappa shape index (κ3) is 5.27. The molecule has 2 rings (SSSR count). The molecular weight excluding hydrogens is 336 g/mol. The van der Waals surface area contributed by atoms with Crippen LogP contribution >= 0.6 is 11.6 Å². The van der Waals surface area contributed by atoms with Crippen molar-refractivity contribution in [2.75, 3.05) is 17.6 Å². The van der Waals surface area contributed by atoms with Crippen LogP contribution in [-0.4, -0.2) is 17.4 Å². The molecule has 2 aromatic carbocycles. The lowest BCUT2D eigenvalue weighted by atomic mass is 10.2. The molecule has 0 aromatic heterocycles. The molecule has 0 heterocycles. The van der Waals surface area contributed by atoms with Gasteiger partial charge >= 0.3 is 0 Å². The van der Waals surface area contributed by atoms with Gasteiger partial charge < -0.3 is 16.0 Å². The summed E-state index contributed by atoms with van der Waals surface area (Å²) in [5.74, 6) is -0.491. The van der Waals surface area contributed by atoms with Crippen LogP contribution in [0.5, 0.6) is 0 Å². The highest BCUT2D eigenvalue weighted by molar-refractivity contribution is 6.33. The Bertz CT molecular complexity index is 812. The van der Waals surface area contributed by atoms with Gasteiger partial charge in [-0.05, 0) is 30.7 Å². The number of amides is 1. The molecule has 5 nitrogen and oxygen atoms in total. The average molecular weight is 355 g/mol. The van der Waals surface area contributed by atoms with E-state index in [1.807, 2.05) is 48.2 Å². The predicted octanol–water partition coefficient (Wildman–Crippen LogP) is 3.79. The molecule has 0 aliphatic heterocycles. The van der Waals surface area contributed by atoms with E-state index in [9.17, 15) is 10.1 Å². The first-order valence-electron chi connectivity index (χ1n) is 7.79. The van der Waals surface area contributed by atoms with Gasteiger partial charge in [0.05, 0.1) is 10.7 Å². The van der Waals surface area contributed by atoms with E-state index < -0.39 is 5.91 Å². The molecule has 0 atom stereocenters. The van der Waals surface area contributed by atoms with Gasteiger partial charge in [-0.25, -0.2) is 0 Å². The second-order valence-electron chi connectivity index (χ2n) is 5.39. The third-order valence-corrected chi connectivity index (χ3v) is 3.90. The fourth-order valence-corrected chi connectivity index (χ4v) is 2.37. The highest BCUT2D eigenvalue weighted by Gasteiger charge is 2.12. The van der Waals surface area contributed by atoms with Crippen LogP contribution in [0.15, 0.2) is 60.3 Å². The largest absolute Gasteiger partial charge is 0.398 e. The van der Waals surface area contributed by atoms with Gasteiger partial charge in [0.25, 0.3) is 5.91 Å². The third-order valence-electron chi connectivity index (χ3n) is 3.57. The van der Waals surface area contributed by atoms with Crippen molar-refractivity contribution in [1.29, 1.82) is 5.26 Å². The molecule has 0 aliphatic carbocycles. The monoisotopic (exact) mass is 354 g/mol. The molecule has 0 aliphatic rings. The van der Waals surface area contributed by atoms with Crippen molar-refractivity contribution < 1.29 is 4.79 Å². The number of nitrogens with one attached hydrogen (secondary N) is 1. The van der Waals surface area contributed by atoms with Gasteiger partial charge in [0, 0.05) is 25.0 Å². The molecule has 2 aromatic rings. The molecule has 0 unspecified atom stereocenters. The Morgan fingerprint density at radius 3 is 2.64 bits per heavy atom. The zero-order valence-electron chi connectivity index (χ0n) is 13.9. The Kier molecular flexibility index (Phi) is 6.44. The van der Waals surface area contributed by atoms with Crippen LogP contribution in [-0.2, 0) is 11.3 Å². The minimum Gasteiger partial charge on any atom is -0.398 e. The number of benzene rings is 2. The summed E-state index contributed by atoms with van der Waals surface area (Å²) in [7, 11) is 0. The fraction of sp³-hybridized carbons (Fsp3) is 0.158. The summed E-state index contributed by atoms with van der Waals surface area (Å²) in [6, 6.07) is 16.6. The summed E-state index contributed by atoms with van der Waals surface area (Å²) >= 11 is 5.94. The molecule has 0 bridgehead atoms. The van der Waals surface area contributed by atoms with Gasteiger partial charge in [0.1, 0.15) is 11.6 Å². The number of carbonyl (C=O) groups is 1.